The molecule has 2 aromatic heterocycles. The van der Waals surface area contributed by atoms with Gasteiger partial charge in [-0.2, -0.15) is 0 Å². The van der Waals surface area contributed by atoms with E-state index in [9.17, 15) is 9.59 Å². The van der Waals surface area contributed by atoms with E-state index >= 15 is 0 Å². The Labute approximate surface area is 207 Å². The molecule has 1 N–H and O–H groups in total. The molecule has 1 aliphatic heterocycles. The molecule has 0 bridgehead atoms. The first kappa shape index (κ1) is 23.0. The van der Waals surface area contributed by atoms with Gasteiger partial charge in [-0.05, 0) is 92.6 Å². The number of aromatic nitrogens is 2. The van der Waals surface area contributed by atoms with E-state index in [0.717, 1.165) is 62.1 Å². The lowest BCUT2D eigenvalue weighted by Crippen LogP contribution is -2.39. The Morgan fingerprint density at radius 2 is 2.09 bits per heavy atom. The molecule has 2 aromatic rings. The Morgan fingerprint density at radius 1 is 1.23 bits per heavy atom. The van der Waals surface area contributed by atoms with Crippen LogP contribution in [-0.2, 0) is 4.74 Å². The summed E-state index contributed by atoms with van der Waals surface area (Å²) in [5, 5.41) is 3.10. The number of carbonyl (C=O) groups excluding carboxylic acids is 2. The van der Waals surface area contributed by atoms with Crippen LogP contribution < -0.4 is 5.32 Å². The van der Waals surface area contributed by atoms with E-state index in [1.165, 1.54) is 38.5 Å². The highest BCUT2D eigenvalue weighted by molar-refractivity contribution is 5.95. The van der Waals surface area contributed by atoms with Gasteiger partial charge in [0.25, 0.3) is 11.8 Å². The largest absolute Gasteiger partial charge is 0.384 e. The van der Waals surface area contributed by atoms with Crippen molar-refractivity contribution in [1.82, 2.24) is 19.6 Å². The summed E-state index contributed by atoms with van der Waals surface area (Å²) in [4.78, 5) is 32.4. The van der Waals surface area contributed by atoms with Crippen molar-refractivity contribution in [1.29, 1.82) is 0 Å². The fourth-order valence-corrected chi connectivity index (χ4v) is 7.34. The van der Waals surface area contributed by atoms with Crippen LogP contribution in [0.25, 0.3) is 5.65 Å². The quantitative estimate of drug-likeness (QED) is 0.549. The van der Waals surface area contributed by atoms with Gasteiger partial charge in [0, 0.05) is 39.5 Å². The van der Waals surface area contributed by atoms with Crippen LogP contribution in [0.3, 0.4) is 0 Å². The number of piperidine rings is 1. The Kier molecular flexibility index (Phi) is 6.07. The predicted molar refractivity (Wildman–Crippen MR) is 133 cm³/mol. The number of fused-ring (bicyclic) bond motifs is 2. The summed E-state index contributed by atoms with van der Waals surface area (Å²) in [6, 6.07) is 5.49. The summed E-state index contributed by atoms with van der Waals surface area (Å²) in [5.74, 6) is 3.27. The smallest absolute Gasteiger partial charge is 0.274 e. The number of nitrogens with one attached hydrogen (secondary N) is 1. The number of hydrogen-bond donors (Lipinski definition) is 1. The molecule has 0 spiro atoms. The molecule has 4 aliphatic rings. The number of methoxy groups -OCH3 is 1. The van der Waals surface area contributed by atoms with Gasteiger partial charge in [-0.25, -0.2) is 4.98 Å². The zero-order chi connectivity index (χ0) is 24.0. The number of pyridine rings is 1. The van der Waals surface area contributed by atoms with Crippen molar-refractivity contribution in [3.63, 3.8) is 0 Å². The van der Waals surface area contributed by atoms with E-state index in [4.69, 9.17) is 4.74 Å². The van der Waals surface area contributed by atoms with Gasteiger partial charge in [-0.15, -0.1) is 0 Å². The summed E-state index contributed by atoms with van der Waals surface area (Å²) >= 11 is 0. The summed E-state index contributed by atoms with van der Waals surface area (Å²) in [5.41, 5.74) is 2.31. The second-order valence-electron chi connectivity index (χ2n) is 11.5. The molecular weight excluding hydrogens is 440 g/mol. The lowest BCUT2D eigenvalue weighted by Gasteiger charge is -2.31. The van der Waals surface area contributed by atoms with Gasteiger partial charge in [0.15, 0.2) is 0 Å². The van der Waals surface area contributed by atoms with Gasteiger partial charge in [0.2, 0.25) is 0 Å². The third-order valence-corrected chi connectivity index (χ3v) is 9.42. The van der Waals surface area contributed by atoms with E-state index in [1.807, 2.05) is 17.0 Å². The Hall–Kier alpha value is -2.41. The minimum atomic E-state index is -0.101. The molecule has 35 heavy (non-hydrogen) atoms. The number of ether oxygens (including phenoxy) is 1. The Morgan fingerprint density at radius 3 is 2.83 bits per heavy atom. The van der Waals surface area contributed by atoms with Crippen molar-refractivity contribution in [2.75, 3.05) is 33.4 Å². The van der Waals surface area contributed by atoms with Gasteiger partial charge < -0.3 is 15.0 Å². The van der Waals surface area contributed by atoms with Gasteiger partial charge in [-0.1, -0.05) is 12.5 Å². The number of amides is 2. The van der Waals surface area contributed by atoms with Crippen molar-refractivity contribution in [2.45, 2.75) is 57.8 Å². The normalized spacial score (nSPS) is 29.9. The standard InChI is InChI=1S/C28H38N4O3/c1-35-18-19-9-13-31(14-10-19)27(34)23-17-32-24(7-2-8-25(32)30-23)26(33)29-12-4-5-20-15-22(20)28-11-3-6-21(28)16-28/h2,7-8,17,19-22H,3-6,9-16,18H2,1H3,(H,29,33). The van der Waals surface area contributed by atoms with E-state index in [2.05, 4.69) is 10.3 Å². The third kappa shape index (κ3) is 4.37. The van der Waals surface area contributed by atoms with Crippen molar-refractivity contribution >= 4 is 17.5 Å². The van der Waals surface area contributed by atoms with Gasteiger partial charge >= 0.3 is 0 Å². The number of carbonyl (C=O) groups is 2. The molecule has 3 heterocycles. The lowest BCUT2D eigenvalue weighted by molar-refractivity contribution is 0.0608. The summed E-state index contributed by atoms with van der Waals surface area (Å²) in [7, 11) is 1.73. The minimum Gasteiger partial charge on any atom is -0.384 e. The molecule has 1 saturated heterocycles. The molecule has 0 radical (unpaired) electrons. The first-order valence-electron chi connectivity index (χ1n) is 13.6. The molecule has 4 fully saturated rings. The third-order valence-electron chi connectivity index (χ3n) is 9.42. The molecule has 2 amide bonds. The number of nitrogens with zero attached hydrogens (tertiary/aromatic N) is 3. The van der Waals surface area contributed by atoms with Crippen LogP contribution in [-0.4, -0.2) is 59.4 Å². The molecule has 4 unspecified atom stereocenters. The molecule has 0 aromatic carbocycles. The van der Waals surface area contributed by atoms with Crippen LogP contribution in [0.2, 0.25) is 0 Å². The van der Waals surface area contributed by atoms with Gasteiger partial charge in [-0.3, -0.25) is 14.0 Å². The van der Waals surface area contributed by atoms with E-state index in [0.29, 0.717) is 29.5 Å². The second kappa shape index (κ2) is 9.23. The van der Waals surface area contributed by atoms with Gasteiger partial charge in [0.1, 0.15) is 17.0 Å². The molecule has 6 rings (SSSR count). The average molecular weight is 479 g/mol. The van der Waals surface area contributed by atoms with E-state index < -0.39 is 0 Å². The highest BCUT2D eigenvalue weighted by Gasteiger charge is 2.66. The fourth-order valence-electron chi connectivity index (χ4n) is 7.34. The molecule has 7 nitrogen and oxygen atoms in total. The average Bonchev–Trinajstić information content (AvgIpc) is 3.71. The van der Waals surface area contributed by atoms with Crippen LogP contribution in [0.15, 0.2) is 24.4 Å². The summed E-state index contributed by atoms with van der Waals surface area (Å²) in [6.45, 7) is 2.89. The summed E-state index contributed by atoms with van der Waals surface area (Å²) < 4.78 is 7.01. The zero-order valence-electron chi connectivity index (χ0n) is 20.9. The molecular formula is C28H38N4O3. The topological polar surface area (TPSA) is 75.9 Å². The molecule has 3 aliphatic carbocycles. The SMILES string of the molecule is COCC1CCN(C(=O)c2cn3c(C(=O)NCCCC4CC4C45CCCC4C5)cccc3n2)CC1. The highest BCUT2D eigenvalue weighted by Crippen LogP contribution is 2.75. The monoisotopic (exact) mass is 478 g/mol. The van der Waals surface area contributed by atoms with E-state index in [-0.39, 0.29) is 11.8 Å². The van der Waals surface area contributed by atoms with Crippen LogP contribution in [0.4, 0.5) is 0 Å². The first-order valence-corrected chi connectivity index (χ1v) is 13.6. The molecule has 7 heteroatoms. The lowest BCUT2D eigenvalue weighted by atomic mass is 9.94. The number of imidazole rings is 1. The number of likely N-dealkylation sites (tertiary alicyclic amines) is 1. The highest BCUT2D eigenvalue weighted by atomic mass is 16.5. The van der Waals surface area contributed by atoms with Crippen molar-refractivity contribution in [2.24, 2.45) is 29.1 Å². The molecule has 188 valence electrons. The van der Waals surface area contributed by atoms with Crippen molar-refractivity contribution in [3.8, 4) is 0 Å². The van der Waals surface area contributed by atoms with Crippen molar-refractivity contribution in [3.05, 3.63) is 35.8 Å². The zero-order valence-corrected chi connectivity index (χ0v) is 20.9. The maximum Gasteiger partial charge on any atom is 0.274 e. The predicted octanol–water partition coefficient (Wildman–Crippen LogP) is 4.17. The van der Waals surface area contributed by atoms with Gasteiger partial charge in [0.05, 0.1) is 0 Å². The Bertz CT molecular complexity index is 1100. The number of hydrogen-bond acceptors (Lipinski definition) is 4. The number of rotatable bonds is 9. The van der Waals surface area contributed by atoms with Crippen LogP contribution in [0.1, 0.15) is 78.8 Å². The van der Waals surface area contributed by atoms with Crippen molar-refractivity contribution < 1.29 is 14.3 Å². The van der Waals surface area contributed by atoms with Crippen LogP contribution in [0, 0.1) is 29.1 Å². The molecule has 4 atom stereocenters. The molecule has 3 saturated carbocycles. The first-order chi connectivity index (χ1) is 17.1. The maximum absolute atomic E-state index is 13.1. The summed E-state index contributed by atoms with van der Waals surface area (Å²) in [6.07, 6.45) is 13.2. The fraction of sp³-hybridized carbons (Fsp3) is 0.679. The second-order valence-corrected chi connectivity index (χ2v) is 11.5. The van der Waals surface area contributed by atoms with E-state index in [1.54, 1.807) is 23.8 Å². The minimum absolute atomic E-state index is 0.0606. The maximum atomic E-state index is 13.1. The Balaban J connectivity index is 1.02. The van der Waals surface area contributed by atoms with Crippen LogP contribution >= 0.6 is 0 Å². The van der Waals surface area contributed by atoms with Crippen LogP contribution in [0.5, 0.6) is 0 Å².